The second kappa shape index (κ2) is 6.09. The van der Waals surface area contributed by atoms with Crippen LogP contribution in [0.5, 0.6) is 5.75 Å². The van der Waals surface area contributed by atoms with Crippen molar-refractivity contribution in [1.29, 1.82) is 0 Å². The van der Waals surface area contributed by atoms with Gasteiger partial charge in [0, 0.05) is 31.8 Å². The molecule has 6 nitrogen and oxygen atoms in total. The maximum Gasteiger partial charge on any atom is 0.315 e. The number of fused-ring (bicyclic) bond motifs is 1. The summed E-state index contributed by atoms with van der Waals surface area (Å²) in [4.78, 5) is 12.0. The number of carbonyl (C=O) groups excluding carboxylic acids is 1. The third kappa shape index (κ3) is 3.21. The van der Waals surface area contributed by atoms with Gasteiger partial charge in [-0.1, -0.05) is 12.1 Å². The fourth-order valence-corrected chi connectivity index (χ4v) is 2.53. The molecule has 0 unspecified atom stereocenters. The molecule has 2 aromatic rings. The van der Waals surface area contributed by atoms with Crippen LogP contribution in [0.2, 0.25) is 0 Å². The van der Waals surface area contributed by atoms with Crippen molar-refractivity contribution in [1.82, 2.24) is 20.4 Å². The summed E-state index contributed by atoms with van der Waals surface area (Å²) in [6.07, 6.45) is 4.59. The van der Waals surface area contributed by atoms with E-state index in [0.29, 0.717) is 6.54 Å². The van der Waals surface area contributed by atoms with E-state index in [0.717, 1.165) is 29.9 Å². The number of carbonyl (C=O) groups is 1. The van der Waals surface area contributed by atoms with Gasteiger partial charge < -0.3 is 15.4 Å². The number of hydrogen-bond donors (Lipinski definition) is 2. The second-order valence-corrected chi connectivity index (χ2v) is 5.54. The van der Waals surface area contributed by atoms with Gasteiger partial charge in [0.1, 0.15) is 5.75 Å². The van der Waals surface area contributed by atoms with Crippen LogP contribution in [-0.2, 0) is 20.0 Å². The lowest BCUT2D eigenvalue weighted by Gasteiger charge is -2.13. The van der Waals surface area contributed by atoms with Crippen molar-refractivity contribution < 1.29 is 9.53 Å². The minimum Gasteiger partial charge on any atom is -0.493 e. The number of nitrogens with zero attached hydrogens (tertiary/aromatic N) is 2. The maximum absolute atomic E-state index is 12.0. The Bertz CT molecular complexity index is 681. The van der Waals surface area contributed by atoms with Crippen LogP contribution in [0.15, 0.2) is 30.6 Å². The Morgan fingerprint density at radius 1 is 1.50 bits per heavy atom. The van der Waals surface area contributed by atoms with E-state index < -0.39 is 0 Å². The Morgan fingerprint density at radius 2 is 2.36 bits per heavy atom. The molecule has 1 aromatic carbocycles. The topological polar surface area (TPSA) is 68.2 Å². The highest BCUT2D eigenvalue weighted by Gasteiger charge is 2.13. The molecule has 2 N–H and O–H groups in total. The lowest BCUT2D eigenvalue weighted by Crippen LogP contribution is -2.36. The van der Waals surface area contributed by atoms with Gasteiger partial charge in [-0.15, -0.1) is 0 Å². The third-order valence-corrected chi connectivity index (χ3v) is 3.78. The predicted molar refractivity (Wildman–Crippen MR) is 82.6 cm³/mol. The molecule has 0 saturated carbocycles. The van der Waals surface area contributed by atoms with Crippen molar-refractivity contribution in [3.05, 3.63) is 47.3 Å². The lowest BCUT2D eigenvalue weighted by atomic mass is 10.1. The highest BCUT2D eigenvalue weighted by Crippen LogP contribution is 2.25. The second-order valence-electron chi connectivity index (χ2n) is 5.54. The van der Waals surface area contributed by atoms with E-state index in [-0.39, 0.29) is 12.1 Å². The van der Waals surface area contributed by atoms with Gasteiger partial charge in [-0.05, 0) is 24.1 Å². The van der Waals surface area contributed by atoms with Gasteiger partial charge in [-0.2, -0.15) is 5.10 Å². The number of amides is 2. The van der Waals surface area contributed by atoms with Gasteiger partial charge in [0.15, 0.2) is 0 Å². The van der Waals surface area contributed by atoms with Crippen LogP contribution in [0, 0.1) is 0 Å². The van der Waals surface area contributed by atoms with Crippen LogP contribution < -0.4 is 15.4 Å². The molecule has 1 atom stereocenters. The van der Waals surface area contributed by atoms with Crippen LogP contribution in [-0.4, -0.2) is 22.4 Å². The van der Waals surface area contributed by atoms with Gasteiger partial charge in [-0.3, -0.25) is 4.68 Å². The first-order chi connectivity index (χ1) is 10.6. The van der Waals surface area contributed by atoms with Crippen LogP contribution >= 0.6 is 0 Å². The number of aryl methyl sites for hydroxylation is 1. The molecule has 1 aliphatic rings. The average Bonchev–Trinajstić information content (AvgIpc) is 3.13. The van der Waals surface area contributed by atoms with Crippen LogP contribution in [0.4, 0.5) is 4.79 Å². The van der Waals surface area contributed by atoms with Crippen molar-refractivity contribution in [3.63, 3.8) is 0 Å². The molecule has 0 aliphatic carbocycles. The Labute approximate surface area is 129 Å². The Kier molecular flexibility index (Phi) is 4.00. The summed E-state index contributed by atoms with van der Waals surface area (Å²) in [5.74, 6) is 0.957. The largest absolute Gasteiger partial charge is 0.493 e. The Balaban J connectivity index is 1.52. The van der Waals surface area contributed by atoms with Crippen LogP contribution in [0.1, 0.15) is 29.7 Å². The normalized spacial score (nSPS) is 14.1. The van der Waals surface area contributed by atoms with Gasteiger partial charge >= 0.3 is 6.03 Å². The summed E-state index contributed by atoms with van der Waals surface area (Å²) in [6, 6.07) is 5.77. The molecule has 3 rings (SSSR count). The van der Waals surface area contributed by atoms with E-state index in [9.17, 15) is 4.79 Å². The molecule has 0 radical (unpaired) electrons. The van der Waals surface area contributed by atoms with E-state index in [4.69, 9.17) is 4.74 Å². The average molecular weight is 300 g/mol. The van der Waals surface area contributed by atoms with Crippen molar-refractivity contribution >= 4 is 6.03 Å². The van der Waals surface area contributed by atoms with E-state index >= 15 is 0 Å². The highest BCUT2D eigenvalue weighted by molar-refractivity contribution is 5.74. The summed E-state index contributed by atoms with van der Waals surface area (Å²) in [7, 11) is 1.86. The fraction of sp³-hybridized carbons (Fsp3) is 0.375. The predicted octanol–water partition coefficient (Wildman–Crippen LogP) is 1.92. The molecule has 0 bridgehead atoms. The molecule has 1 aromatic heterocycles. The zero-order valence-electron chi connectivity index (χ0n) is 12.8. The Morgan fingerprint density at radius 3 is 3.14 bits per heavy atom. The van der Waals surface area contributed by atoms with Gasteiger partial charge in [0.25, 0.3) is 0 Å². The van der Waals surface area contributed by atoms with Crippen molar-refractivity contribution in [3.8, 4) is 5.75 Å². The summed E-state index contributed by atoms with van der Waals surface area (Å²) in [5, 5.41) is 9.89. The van der Waals surface area contributed by atoms with E-state index in [1.807, 2.05) is 32.3 Å². The molecule has 6 heteroatoms. The summed E-state index contributed by atoms with van der Waals surface area (Å²) >= 11 is 0. The number of rotatable bonds is 4. The number of aromatic nitrogens is 2. The molecule has 22 heavy (non-hydrogen) atoms. The molecular weight excluding hydrogens is 280 g/mol. The van der Waals surface area contributed by atoms with E-state index in [1.165, 1.54) is 5.56 Å². The smallest absolute Gasteiger partial charge is 0.315 e. The first kappa shape index (κ1) is 14.4. The molecule has 0 fully saturated rings. The SMILES string of the molecule is C[C@@H](NC(=O)NCc1ccc2c(c1)CCO2)c1cnn(C)c1. The van der Waals surface area contributed by atoms with Crippen molar-refractivity contribution in [2.75, 3.05) is 6.61 Å². The molecule has 1 aliphatic heterocycles. The van der Waals surface area contributed by atoms with Crippen LogP contribution in [0.25, 0.3) is 0 Å². The molecule has 116 valence electrons. The maximum atomic E-state index is 12.0. The minimum absolute atomic E-state index is 0.0814. The Hall–Kier alpha value is -2.50. The van der Waals surface area contributed by atoms with Gasteiger partial charge in [0.05, 0.1) is 18.8 Å². The highest BCUT2D eigenvalue weighted by atomic mass is 16.5. The molecular formula is C16H20N4O2. The fourth-order valence-electron chi connectivity index (χ4n) is 2.53. The van der Waals surface area contributed by atoms with Crippen LogP contribution in [0.3, 0.4) is 0 Å². The lowest BCUT2D eigenvalue weighted by molar-refractivity contribution is 0.237. The molecule has 0 saturated heterocycles. The summed E-state index contributed by atoms with van der Waals surface area (Å²) in [6.45, 7) is 3.18. The zero-order valence-corrected chi connectivity index (χ0v) is 12.8. The summed E-state index contributed by atoms with van der Waals surface area (Å²) < 4.78 is 7.20. The molecule has 2 heterocycles. The third-order valence-electron chi connectivity index (χ3n) is 3.78. The zero-order chi connectivity index (χ0) is 15.5. The number of ether oxygens (including phenoxy) is 1. The number of benzene rings is 1. The number of nitrogens with one attached hydrogen (secondary N) is 2. The number of urea groups is 1. The van der Waals surface area contributed by atoms with E-state index in [1.54, 1.807) is 10.9 Å². The minimum atomic E-state index is -0.187. The van der Waals surface area contributed by atoms with E-state index in [2.05, 4.69) is 21.8 Å². The van der Waals surface area contributed by atoms with Crippen molar-refractivity contribution in [2.45, 2.75) is 25.9 Å². The van der Waals surface area contributed by atoms with Gasteiger partial charge in [0.2, 0.25) is 0 Å². The monoisotopic (exact) mass is 300 g/mol. The quantitative estimate of drug-likeness (QED) is 0.906. The first-order valence-electron chi connectivity index (χ1n) is 7.39. The molecule has 0 spiro atoms. The first-order valence-corrected chi connectivity index (χ1v) is 7.39. The van der Waals surface area contributed by atoms with Crippen molar-refractivity contribution in [2.24, 2.45) is 7.05 Å². The van der Waals surface area contributed by atoms with Gasteiger partial charge in [-0.25, -0.2) is 4.79 Å². The standard InChI is InChI=1S/C16H20N4O2/c1-11(14-9-18-20(2)10-14)19-16(21)17-8-12-3-4-15-13(7-12)5-6-22-15/h3-4,7,9-11H,5-6,8H2,1-2H3,(H2,17,19,21)/t11-/m1/s1. The number of hydrogen-bond acceptors (Lipinski definition) is 3. The summed E-state index contributed by atoms with van der Waals surface area (Å²) in [5.41, 5.74) is 3.27. The molecule has 2 amide bonds.